The van der Waals surface area contributed by atoms with Gasteiger partial charge in [0.05, 0.1) is 4.92 Å². The van der Waals surface area contributed by atoms with E-state index in [9.17, 15) is 14.9 Å². The number of nitrogens with zero attached hydrogens (tertiary/aromatic N) is 2. The first-order valence-electron chi connectivity index (χ1n) is 4.98. The van der Waals surface area contributed by atoms with Crippen LogP contribution in [0.5, 0.6) is 0 Å². The first-order valence-corrected chi connectivity index (χ1v) is 5.35. The molecule has 7 heteroatoms. The van der Waals surface area contributed by atoms with Crippen LogP contribution in [0.3, 0.4) is 0 Å². The number of carbonyl (C=O) groups is 1. The van der Waals surface area contributed by atoms with Crippen LogP contribution in [-0.4, -0.2) is 10.8 Å². The summed E-state index contributed by atoms with van der Waals surface area (Å²) in [6, 6.07) is 7.15. The molecule has 1 aromatic rings. The molecule has 0 saturated carbocycles. The van der Waals surface area contributed by atoms with Gasteiger partial charge in [-0.25, -0.2) is 0 Å². The third kappa shape index (κ3) is 3.94. The first kappa shape index (κ1) is 14.4. The van der Waals surface area contributed by atoms with Gasteiger partial charge in [-0.1, -0.05) is 11.6 Å². The Morgan fingerprint density at radius 1 is 1.37 bits per heavy atom. The largest absolute Gasteiger partial charge is 0.365 e. The molecule has 0 unspecified atom stereocenters. The molecule has 0 heterocycles. The van der Waals surface area contributed by atoms with E-state index in [1.54, 1.807) is 6.07 Å². The molecule has 19 heavy (non-hydrogen) atoms. The van der Waals surface area contributed by atoms with E-state index in [1.165, 1.54) is 36.4 Å². The minimum absolute atomic E-state index is 0.0568. The molecule has 0 aromatic heterocycles. The van der Waals surface area contributed by atoms with E-state index in [4.69, 9.17) is 22.6 Å². The van der Waals surface area contributed by atoms with Crippen molar-refractivity contribution in [1.82, 2.24) is 0 Å². The maximum atomic E-state index is 10.8. The molecule has 6 nitrogen and oxygen atoms in total. The molecule has 1 aromatic carbocycles. The Bertz CT molecular complexity index is 612. The fourth-order valence-electron chi connectivity index (χ4n) is 1.17. The number of halogens is 1. The molecule has 1 amide bonds. The van der Waals surface area contributed by atoms with Gasteiger partial charge in [0.15, 0.2) is 0 Å². The topological polar surface area (TPSA) is 110 Å². The van der Waals surface area contributed by atoms with Crippen molar-refractivity contribution in [3.8, 4) is 6.07 Å². The lowest BCUT2D eigenvalue weighted by molar-refractivity contribution is -0.384. The summed E-state index contributed by atoms with van der Waals surface area (Å²) in [6.07, 6.45) is 2.51. The zero-order valence-corrected chi connectivity index (χ0v) is 10.3. The van der Waals surface area contributed by atoms with Crippen LogP contribution in [0, 0.1) is 21.4 Å². The Kier molecular flexibility index (Phi) is 4.80. The number of amides is 1. The highest BCUT2D eigenvalue weighted by atomic mass is 35.5. The van der Waals surface area contributed by atoms with E-state index >= 15 is 0 Å². The Balaban J connectivity index is 3.01. The molecular formula is C12H8ClN3O3. The third-order valence-electron chi connectivity index (χ3n) is 2.14. The standard InChI is InChI=1S/C12H8ClN3O3/c13-11(6-3-9(7-14)12(15)17)8-1-4-10(5-2-8)16(18)19/h1-6H,(H2,15,17). The predicted octanol–water partition coefficient (Wildman–Crippen LogP) is 2.11. The van der Waals surface area contributed by atoms with Crippen LogP contribution in [-0.2, 0) is 4.79 Å². The van der Waals surface area contributed by atoms with Gasteiger partial charge in [0.25, 0.3) is 11.6 Å². The summed E-state index contributed by atoms with van der Waals surface area (Å²) in [6.45, 7) is 0. The predicted molar refractivity (Wildman–Crippen MR) is 69.8 cm³/mol. The van der Waals surface area contributed by atoms with Crippen LogP contribution in [0.15, 0.2) is 42.0 Å². The second-order valence-electron chi connectivity index (χ2n) is 3.37. The molecule has 96 valence electrons. The van der Waals surface area contributed by atoms with Crippen molar-refractivity contribution in [2.24, 2.45) is 5.73 Å². The van der Waals surface area contributed by atoms with Crippen LogP contribution >= 0.6 is 11.6 Å². The van der Waals surface area contributed by atoms with Crippen molar-refractivity contribution in [1.29, 1.82) is 5.26 Å². The van der Waals surface area contributed by atoms with Crippen LogP contribution in [0.1, 0.15) is 5.56 Å². The second-order valence-corrected chi connectivity index (χ2v) is 3.78. The van der Waals surface area contributed by atoms with Crippen molar-refractivity contribution in [3.05, 3.63) is 57.7 Å². The lowest BCUT2D eigenvalue weighted by Crippen LogP contribution is -2.12. The number of nitro benzene ring substituents is 1. The summed E-state index contributed by atoms with van der Waals surface area (Å²) < 4.78 is 0. The molecule has 0 atom stereocenters. The molecule has 0 bridgehead atoms. The smallest absolute Gasteiger partial charge is 0.269 e. The van der Waals surface area contributed by atoms with Crippen molar-refractivity contribution < 1.29 is 9.72 Å². The number of hydrogen-bond acceptors (Lipinski definition) is 4. The van der Waals surface area contributed by atoms with Crippen LogP contribution in [0.2, 0.25) is 0 Å². The summed E-state index contributed by atoms with van der Waals surface area (Å²) in [5.74, 6) is -0.855. The summed E-state index contributed by atoms with van der Waals surface area (Å²) in [4.78, 5) is 20.7. The van der Waals surface area contributed by atoms with Crippen LogP contribution < -0.4 is 5.73 Å². The minimum Gasteiger partial charge on any atom is -0.365 e. The molecular weight excluding hydrogens is 270 g/mol. The Morgan fingerprint density at radius 2 is 1.95 bits per heavy atom. The Labute approximate surface area is 113 Å². The van der Waals surface area contributed by atoms with E-state index in [0.717, 1.165) is 0 Å². The highest BCUT2D eigenvalue weighted by Gasteiger charge is 2.06. The van der Waals surface area contributed by atoms with Gasteiger partial charge in [0.1, 0.15) is 11.6 Å². The average molecular weight is 278 g/mol. The van der Waals surface area contributed by atoms with Gasteiger partial charge in [0.2, 0.25) is 0 Å². The second kappa shape index (κ2) is 6.33. The number of nitriles is 1. The Morgan fingerprint density at radius 3 is 2.37 bits per heavy atom. The maximum Gasteiger partial charge on any atom is 0.269 e. The summed E-state index contributed by atoms with van der Waals surface area (Å²) in [5.41, 5.74) is 5.17. The molecule has 0 aliphatic carbocycles. The SMILES string of the molecule is N#CC(=CC=C(Cl)c1ccc([N+](=O)[O-])cc1)C(N)=O. The number of nitrogens with two attached hydrogens (primary N) is 1. The van der Waals surface area contributed by atoms with Gasteiger partial charge in [-0.15, -0.1) is 0 Å². The minimum atomic E-state index is -0.855. The number of nitro groups is 1. The van der Waals surface area contributed by atoms with E-state index < -0.39 is 10.8 Å². The number of benzene rings is 1. The van der Waals surface area contributed by atoms with Gasteiger partial charge in [-0.3, -0.25) is 14.9 Å². The number of primary amides is 1. The third-order valence-corrected chi connectivity index (χ3v) is 2.48. The van der Waals surface area contributed by atoms with Gasteiger partial charge < -0.3 is 5.73 Å². The molecule has 0 saturated heterocycles. The number of carbonyl (C=O) groups excluding carboxylic acids is 1. The van der Waals surface area contributed by atoms with Crippen molar-refractivity contribution in [2.45, 2.75) is 0 Å². The molecule has 0 fully saturated rings. The molecule has 0 aliphatic heterocycles. The average Bonchev–Trinajstić information content (AvgIpc) is 2.38. The van der Waals surface area contributed by atoms with Crippen LogP contribution in [0.25, 0.3) is 5.03 Å². The summed E-state index contributed by atoms with van der Waals surface area (Å²) in [7, 11) is 0. The number of rotatable bonds is 4. The van der Waals surface area contributed by atoms with Gasteiger partial charge in [0, 0.05) is 17.2 Å². The molecule has 2 N–H and O–H groups in total. The number of hydrogen-bond donors (Lipinski definition) is 1. The molecule has 0 radical (unpaired) electrons. The van der Waals surface area contributed by atoms with Gasteiger partial charge in [-0.05, 0) is 29.8 Å². The molecule has 0 aliphatic rings. The number of non-ortho nitro benzene ring substituents is 1. The van der Waals surface area contributed by atoms with Crippen molar-refractivity contribution in [2.75, 3.05) is 0 Å². The molecule has 1 rings (SSSR count). The number of allylic oxidation sites excluding steroid dienone is 2. The van der Waals surface area contributed by atoms with Crippen molar-refractivity contribution >= 4 is 28.2 Å². The summed E-state index contributed by atoms with van der Waals surface area (Å²) >= 11 is 5.93. The fraction of sp³-hybridized carbons (Fsp3) is 0. The molecule has 0 spiro atoms. The van der Waals surface area contributed by atoms with E-state index in [2.05, 4.69) is 0 Å². The van der Waals surface area contributed by atoms with Gasteiger partial charge >= 0.3 is 0 Å². The first-order chi connectivity index (χ1) is 8.95. The Hall–Kier alpha value is -2.65. The maximum absolute atomic E-state index is 10.8. The highest BCUT2D eigenvalue weighted by molar-refractivity contribution is 6.48. The lowest BCUT2D eigenvalue weighted by Gasteiger charge is -1.98. The highest BCUT2D eigenvalue weighted by Crippen LogP contribution is 2.22. The zero-order chi connectivity index (χ0) is 14.4. The van der Waals surface area contributed by atoms with Crippen LogP contribution in [0.4, 0.5) is 5.69 Å². The van der Waals surface area contributed by atoms with E-state index in [-0.39, 0.29) is 16.3 Å². The lowest BCUT2D eigenvalue weighted by atomic mass is 10.1. The zero-order valence-electron chi connectivity index (χ0n) is 9.54. The quantitative estimate of drug-likeness (QED) is 0.299. The van der Waals surface area contributed by atoms with E-state index in [0.29, 0.717) is 5.56 Å². The normalized spacial score (nSPS) is 11.8. The fourth-order valence-corrected chi connectivity index (χ4v) is 1.36. The monoisotopic (exact) mass is 277 g/mol. The van der Waals surface area contributed by atoms with Crippen molar-refractivity contribution in [3.63, 3.8) is 0 Å². The van der Waals surface area contributed by atoms with E-state index in [1.807, 2.05) is 0 Å². The summed E-state index contributed by atoms with van der Waals surface area (Å²) in [5, 5.41) is 19.3. The van der Waals surface area contributed by atoms with Gasteiger partial charge in [-0.2, -0.15) is 5.26 Å².